The molecule has 0 aliphatic carbocycles. The number of halogens is 1. The molecule has 0 aromatic heterocycles. The molecule has 1 unspecified atom stereocenters. The maximum absolute atomic E-state index is 13.5. The zero-order chi connectivity index (χ0) is 14.4. The van der Waals surface area contributed by atoms with Crippen LogP contribution in [0.2, 0.25) is 0 Å². The summed E-state index contributed by atoms with van der Waals surface area (Å²) in [5.74, 6) is -0.153. The molecule has 0 bridgehead atoms. The first-order chi connectivity index (χ1) is 9.66. The first kappa shape index (κ1) is 15.2. The molecule has 2 nitrogen and oxygen atoms in total. The van der Waals surface area contributed by atoms with E-state index in [2.05, 4.69) is 17.3 Å². The summed E-state index contributed by atoms with van der Waals surface area (Å²) in [6.45, 7) is 5.13. The van der Waals surface area contributed by atoms with E-state index in [9.17, 15) is 4.39 Å². The lowest BCUT2D eigenvalue weighted by Crippen LogP contribution is -2.29. The van der Waals surface area contributed by atoms with Gasteiger partial charge in [-0.05, 0) is 52.4 Å². The number of hydrogen-bond acceptors (Lipinski definition) is 2. The topological polar surface area (TPSA) is 15.3 Å². The summed E-state index contributed by atoms with van der Waals surface area (Å²) in [4.78, 5) is 2.45. The van der Waals surface area contributed by atoms with Crippen molar-refractivity contribution in [2.45, 2.75) is 32.2 Å². The van der Waals surface area contributed by atoms with E-state index in [1.165, 1.54) is 31.9 Å². The van der Waals surface area contributed by atoms with Gasteiger partial charge in [0.25, 0.3) is 0 Å². The lowest BCUT2D eigenvalue weighted by Gasteiger charge is -2.19. The molecule has 1 aliphatic rings. The van der Waals surface area contributed by atoms with Crippen LogP contribution in [0.4, 0.5) is 4.39 Å². The van der Waals surface area contributed by atoms with E-state index in [1.54, 1.807) is 6.07 Å². The Hall–Kier alpha value is -1.19. The van der Waals surface area contributed by atoms with E-state index < -0.39 is 0 Å². The van der Waals surface area contributed by atoms with Crippen molar-refractivity contribution in [3.8, 4) is 0 Å². The maximum Gasteiger partial charge on any atom is 0.130 e. The van der Waals surface area contributed by atoms with Gasteiger partial charge in [-0.15, -0.1) is 0 Å². The first-order valence-corrected chi connectivity index (χ1v) is 7.49. The van der Waals surface area contributed by atoms with E-state index >= 15 is 0 Å². The van der Waals surface area contributed by atoms with Crippen LogP contribution in [0.15, 0.2) is 29.8 Å². The van der Waals surface area contributed by atoms with Crippen LogP contribution in [-0.4, -0.2) is 37.6 Å². The summed E-state index contributed by atoms with van der Waals surface area (Å²) >= 11 is 0. The molecular weight excluding hydrogens is 251 g/mol. The van der Waals surface area contributed by atoms with E-state index in [1.807, 2.05) is 25.1 Å². The minimum atomic E-state index is -0.153. The third-order valence-electron chi connectivity index (χ3n) is 4.04. The summed E-state index contributed by atoms with van der Waals surface area (Å²) in [5, 5.41) is 3.45. The second kappa shape index (κ2) is 7.55. The van der Waals surface area contributed by atoms with Crippen LogP contribution in [0.5, 0.6) is 0 Å². The van der Waals surface area contributed by atoms with Crippen molar-refractivity contribution in [1.82, 2.24) is 10.2 Å². The number of hydrogen-bond donors (Lipinski definition) is 1. The Morgan fingerprint density at radius 3 is 2.95 bits per heavy atom. The Balaban J connectivity index is 1.72. The number of benzene rings is 1. The SMILES string of the molecule is CC(=Cc1ccccc1F)CNCCC1CCCN1C. The molecule has 20 heavy (non-hydrogen) atoms. The van der Waals surface area contributed by atoms with Gasteiger partial charge in [-0.2, -0.15) is 0 Å². The zero-order valence-corrected chi connectivity index (χ0v) is 12.5. The minimum absolute atomic E-state index is 0.153. The van der Waals surface area contributed by atoms with E-state index in [0.29, 0.717) is 5.56 Å². The molecule has 110 valence electrons. The van der Waals surface area contributed by atoms with Crippen molar-refractivity contribution >= 4 is 6.08 Å². The third kappa shape index (κ3) is 4.43. The standard InChI is InChI=1S/C17H25FN2/c1-14(12-15-6-3-4-8-17(15)18)13-19-10-9-16-7-5-11-20(16)2/h3-4,6,8,12,16,19H,5,7,9-11,13H2,1-2H3. The van der Waals surface area contributed by atoms with Crippen molar-refractivity contribution in [2.24, 2.45) is 0 Å². The molecule has 0 amide bonds. The van der Waals surface area contributed by atoms with Crippen molar-refractivity contribution in [1.29, 1.82) is 0 Å². The Morgan fingerprint density at radius 1 is 1.45 bits per heavy atom. The Morgan fingerprint density at radius 2 is 2.25 bits per heavy atom. The largest absolute Gasteiger partial charge is 0.313 e. The highest BCUT2D eigenvalue weighted by Gasteiger charge is 2.19. The number of rotatable bonds is 6. The van der Waals surface area contributed by atoms with Gasteiger partial charge in [0.15, 0.2) is 0 Å². The molecule has 1 N–H and O–H groups in total. The Labute approximate surface area is 121 Å². The van der Waals surface area contributed by atoms with Gasteiger partial charge in [0, 0.05) is 18.2 Å². The molecule has 1 fully saturated rings. The number of likely N-dealkylation sites (tertiary alicyclic amines) is 1. The fourth-order valence-electron chi connectivity index (χ4n) is 2.81. The number of nitrogens with zero attached hydrogens (tertiary/aromatic N) is 1. The van der Waals surface area contributed by atoms with Gasteiger partial charge < -0.3 is 10.2 Å². The fourth-order valence-corrected chi connectivity index (χ4v) is 2.81. The smallest absolute Gasteiger partial charge is 0.130 e. The zero-order valence-electron chi connectivity index (χ0n) is 12.5. The van der Waals surface area contributed by atoms with Gasteiger partial charge in [-0.3, -0.25) is 0 Å². The highest BCUT2D eigenvalue weighted by molar-refractivity contribution is 5.53. The lowest BCUT2D eigenvalue weighted by molar-refractivity contribution is 0.294. The normalized spacial score (nSPS) is 20.6. The van der Waals surface area contributed by atoms with Gasteiger partial charge in [0.2, 0.25) is 0 Å². The number of nitrogens with one attached hydrogen (secondary N) is 1. The second-order valence-electron chi connectivity index (χ2n) is 5.75. The maximum atomic E-state index is 13.5. The van der Waals surface area contributed by atoms with Crippen molar-refractivity contribution < 1.29 is 4.39 Å². The van der Waals surface area contributed by atoms with Crippen LogP contribution in [-0.2, 0) is 0 Å². The summed E-state index contributed by atoms with van der Waals surface area (Å²) in [6.07, 6.45) is 5.77. The summed E-state index contributed by atoms with van der Waals surface area (Å²) in [7, 11) is 2.21. The average Bonchev–Trinajstić information content (AvgIpc) is 2.83. The molecule has 0 radical (unpaired) electrons. The van der Waals surface area contributed by atoms with Gasteiger partial charge in [-0.1, -0.05) is 29.8 Å². The highest BCUT2D eigenvalue weighted by Crippen LogP contribution is 2.17. The molecule has 1 aromatic rings. The average molecular weight is 276 g/mol. The van der Waals surface area contributed by atoms with Gasteiger partial charge in [0.1, 0.15) is 5.82 Å². The van der Waals surface area contributed by atoms with Crippen LogP contribution < -0.4 is 5.32 Å². The molecule has 1 aromatic carbocycles. The highest BCUT2D eigenvalue weighted by atomic mass is 19.1. The molecule has 1 aliphatic heterocycles. The fraction of sp³-hybridized carbons (Fsp3) is 0.529. The van der Waals surface area contributed by atoms with Crippen LogP contribution in [0.25, 0.3) is 6.08 Å². The Bertz CT molecular complexity index is 456. The monoisotopic (exact) mass is 276 g/mol. The van der Waals surface area contributed by atoms with Crippen molar-refractivity contribution in [2.75, 3.05) is 26.7 Å². The van der Waals surface area contributed by atoms with Crippen LogP contribution in [0.1, 0.15) is 31.7 Å². The lowest BCUT2D eigenvalue weighted by atomic mass is 10.1. The summed E-state index contributed by atoms with van der Waals surface area (Å²) in [6, 6.07) is 7.64. The van der Waals surface area contributed by atoms with E-state index in [-0.39, 0.29) is 5.82 Å². The van der Waals surface area contributed by atoms with E-state index in [0.717, 1.165) is 24.7 Å². The van der Waals surface area contributed by atoms with Gasteiger partial charge in [0.05, 0.1) is 0 Å². The van der Waals surface area contributed by atoms with E-state index in [4.69, 9.17) is 0 Å². The predicted molar refractivity (Wildman–Crippen MR) is 83.2 cm³/mol. The molecule has 0 spiro atoms. The molecule has 1 heterocycles. The van der Waals surface area contributed by atoms with Crippen LogP contribution >= 0.6 is 0 Å². The quantitative estimate of drug-likeness (QED) is 0.802. The predicted octanol–water partition coefficient (Wildman–Crippen LogP) is 3.30. The molecule has 3 heteroatoms. The van der Waals surface area contributed by atoms with Crippen molar-refractivity contribution in [3.05, 3.63) is 41.2 Å². The van der Waals surface area contributed by atoms with Crippen molar-refractivity contribution in [3.63, 3.8) is 0 Å². The van der Waals surface area contributed by atoms with Gasteiger partial charge in [-0.25, -0.2) is 4.39 Å². The third-order valence-corrected chi connectivity index (χ3v) is 4.04. The summed E-state index contributed by atoms with van der Waals surface area (Å²) < 4.78 is 13.5. The second-order valence-corrected chi connectivity index (χ2v) is 5.75. The summed E-state index contributed by atoms with van der Waals surface area (Å²) in [5.41, 5.74) is 1.83. The molecular formula is C17H25FN2. The van der Waals surface area contributed by atoms with Gasteiger partial charge >= 0.3 is 0 Å². The minimum Gasteiger partial charge on any atom is -0.313 e. The first-order valence-electron chi connectivity index (χ1n) is 7.49. The Kier molecular flexibility index (Phi) is 5.74. The molecule has 1 saturated heterocycles. The molecule has 2 rings (SSSR count). The van der Waals surface area contributed by atoms with Crippen LogP contribution in [0.3, 0.4) is 0 Å². The molecule has 1 atom stereocenters. The molecule has 0 saturated carbocycles. The van der Waals surface area contributed by atoms with Crippen LogP contribution in [0, 0.1) is 5.82 Å².